The predicted octanol–water partition coefficient (Wildman–Crippen LogP) is 4.87. The quantitative estimate of drug-likeness (QED) is 0.0555. The van der Waals surface area contributed by atoms with Gasteiger partial charge in [-0.2, -0.15) is 0 Å². The summed E-state index contributed by atoms with van der Waals surface area (Å²) in [6.45, 7) is 9.99. The third kappa shape index (κ3) is 23.1. The van der Waals surface area contributed by atoms with E-state index in [0.717, 1.165) is 27.8 Å². The Labute approximate surface area is 575 Å². The number of nitrogens with two attached hydrogens (primary N) is 1. The number of carbonyl (C=O) groups excluding carboxylic acids is 8. The molecule has 5 heterocycles. The molecule has 3 atom stereocenters. The van der Waals surface area contributed by atoms with Gasteiger partial charge in [0.2, 0.25) is 11.7 Å². The number of carboxylic acid groups (broad SMARTS) is 1. The lowest BCUT2D eigenvalue weighted by atomic mass is 10.1. The van der Waals surface area contributed by atoms with Crippen LogP contribution in [0.4, 0.5) is 21.9 Å². The fraction of sp³-hybridized carbons (Fsp3) is 0.348. The molecule has 5 amide bonds. The van der Waals surface area contributed by atoms with E-state index < -0.39 is 41.7 Å². The van der Waals surface area contributed by atoms with Crippen molar-refractivity contribution < 1.29 is 91.2 Å². The van der Waals surface area contributed by atoms with E-state index in [1.807, 2.05) is 91.0 Å². The molecule has 0 aliphatic carbocycles. The Hall–Kier alpha value is -10.2. The number of fused-ring (bicyclic) bond motifs is 3. The standard InChI is InChI=1S/C24H25N5O4.C19H24N2O5.C14H18N2O3.C10H9N3O2.2CH4.HI/c1-15(30)8-9-17-10-11-20-19(12-17)29(2)24(32)18(14-33-20)25-23(31)22-26-21(27-28-22)13-16-6-4-3-5-7-16;1-12(22)6-7-13-8-9-16-15(10-13)21(5)17(23)14(11-25-16)20-18(24)26-19(2,3)4;1-9(17)3-4-10-5-6-13-12(7-10)16(2)14(18)11(15)8-19-13;14-10(15)9-11-8(12-13-9)6-7-4-2-1-3-5-7;;;/h3-7,10-12,18H,8-9,13-14H2,1-2H3,(H,25,31)(H,26,27,28);6-10,14H,11H2,1-5H3,(H,20,24);5-7,11H,3-4,8,15H2,1-2H3;1-5H,6H2,(H,14,15)(H,11,12,13);2*1H4;1H/p-1/b;7-6+;;;;;/t18-;14-;11-;;;;/m000..../s1. The van der Waals surface area contributed by atoms with E-state index in [0.29, 0.717) is 84.5 Å². The second kappa shape index (κ2) is 36.5. The first-order valence-electron chi connectivity index (χ1n) is 29.7. The Bertz CT molecular complexity index is 3870. The summed E-state index contributed by atoms with van der Waals surface area (Å²) >= 11 is 0. The molecular weight excluding hydrogens is 1350 g/mol. The van der Waals surface area contributed by atoms with Crippen molar-refractivity contribution in [3.63, 3.8) is 0 Å². The molecule has 7 aromatic rings. The van der Waals surface area contributed by atoms with Crippen molar-refractivity contribution in [1.82, 2.24) is 41.0 Å². The molecule has 512 valence electrons. The number of allylic oxidation sites excluding steroid dienone is 1. The van der Waals surface area contributed by atoms with E-state index in [-0.39, 0.29) is 105 Å². The molecule has 7 N–H and O–H groups in total. The number of nitrogens with one attached hydrogen (secondary N) is 4. The van der Waals surface area contributed by atoms with Crippen LogP contribution >= 0.6 is 0 Å². The molecule has 96 heavy (non-hydrogen) atoms. The first-order chi connectivity index (χ1) is 44.2. The molecule has 27 heteroatoms. The number of anilines is 3. The minimum atomic E-state index is -1.12. The van der Waals surface area contributed by atoms with Crippen LogP contribution in [-0.2, 0) is 59.2 Å². The SMILES string of the molecule is C.C.CC(=O)/C=C/c1ccc2c(c1)N(C)C(=O)[C@@H](NC(=O)OC(C)(C)C)CO2.CC(=O)CCc1ccc2c(c1)N(C)C(=O)[C@@H](N)CO2.CC(=O)CCc1ccc2c(c1)N(C)C(=O)[C@@H](NC(=O)c1n[nH]c(Cc3ccccc3)n1)CO2.O=C(O)c1n[nH]c(Cc2ccccc2)n1.[I-]. The summed E-state index contributed by atoms with van der Waals surface area (Å²) < 4.78 is 22.2. The van der Waals surface area contributed by atoms with Gasteiger partial charge >= 0.3 is 12.1 Å². The fourth-order valence-electron chi connectivity index (χ4n) is 9.30. The maximum atomic E-state index is 13.0. The number of amides is 5. The van der Waals surface area contributed by atoms with Gasteiger partial charge in [-0.3, -0.25) is 34.2 Å². The lowest BCUT2D eigenvalue weighted by molar-refractivity contribution is -0.121. The number of aromatic amines is 2. The highest BCUT2D eigenvalue weighted by molar-refractivity contribution is 6.03. The highest BCUT2D eigenvalue weighted by atomic mass is 127. The average Bonchev–Trinajstić information content (AvgIpc) is 1.59. The minimum Gasteiger partial charge on any atom is -1.00 e. The molecule has 10 rings (SSSR count). The largest absolute Gasteiger partial charge is 1.00 e. The Kier molecular flexibility index (Phi) is 29.8. The van der Waals surface area contributed by atoms with Crippen molar-refractivity contribution in [2.24, 2.45) is 5.73 Å². The van der Waals surface area contributed by atoms with Gasteiger partial charge in [-0.05, 0) is 125 Å². The third-order valence-electron chi connectivity index (χ3n) is 14.2. The van der Waals surface area contributed by atoms with Crippen molar-refractivity contribution in [3.8, 4) is 17.2 Å². The number of ether oxygens (including phenoxy) is 4. The number of hydrogen-bond donors (Lipinski definition) is 6. The van der Waals surface area contributed by atoms with Crippen LogP contribution in [0.5, 0.6) is 17.2 Å². The topological polar surface area (TPSA) is 354 Å². The number of carboxylic acids is 1. The van der Waals surface area contributed by atoms with Gasteiger partial charge in [0, 0.05) is 46.8 Å². The Morgan fingerprint density at radius 2 is 1.03 bits per heavy atom. The number of aryl methyl sites for hydroxylation is 2. The first-order valence-corrected chi connectivity index (χ1v) is 29.7. The monoisotopic (exact) mass is 1430 g/mol. The number of alkyl carbamates (subject to hydrolysis) is 1. The summed E-state index contributed by atoms with van der Waals surface area (Å²) in [5.74, 6) is 0.297. The lowest BCUT2D eigenvalue weighted by Crippen LogP contribution is -3.00. The number of aromatic carboxylic acids is 1. The minimum absolute atomic E-state index is 0. The van der Waals surface area contributed by atoms with Crippen molar-refractivity contribution in [3.05, 3.63) is 172 Å². The molecule has 0 bridgehead atoms. The van der Waals surface area contributed by atoms with Crippen LogP contribution in [0.3, 0.4) is 0 Å². The number of likely N-dealkylation sites (N-methyl/N-ethyl adjacent to an activating group) is 3. The highest BCUT2D eigenvalue weighted by Gasteiger charge is 2.34. The number of H-pyrrole nitrogens is 2. The Morgan fingerprint density at radius 3 is 1.48 bits per heavy atom. The van der Waals surface area contributed by atoms with Crippen LogP contribution < -0.4 is 69.3 Å². The second-order valence-electron chi connectivity index (χ2n) is 23.0. The van der Waals surface area contributed by atoms with Crippen molar-refractivity contribution in [2.45, 2.75) is 119 Å². The number of ketones is 3. The molecule has 2 aromatic heterocycles. The normalized spacial score (nSPS) is 15.2. The van der Waals surface area contributed by atoms with E-state index >= 15 is 0 Å². The van der Waals surface area contributed by atoms with Crippen LogP contribution in [0, 0.1) is 0 Å². The van der Waals surface area contributed by atoms with Gasteiger partial charge in [0.05, 0.1) is 17.1 Å². The zero-order valence-electron chi connectivity index (χ0n) is 53.6. The highest BCUT2D eigenvalue weighted by Crippen LogP contribution is 2.35. The van der Waals surface area contributed by atoms with Gasteiger partial charge in [-0.25, -0.2) is 19.6 Å². The molecule has 0 radical (unpaired) electrons. The lowest BCUT2D eigenvalue weighted by Gasteiger charge is -2.23. The number of rotatable bonds is 16. The van der Waals surface area contributed by atoms with E-state index in [1.54, 1.807) is 86.1 Å². The molecule has 0 fully saturated rings. The van der Waals surface area contributed by atoms with Crippen LogP contribution in [0.15, 0.2) is 121 Å². The Morgan fingerprint density at radius 1 is 0.604 bits per heavy atom. The van der Waals surface area contributed by atoms with Gasteiger partial charge in [-0.15, -0.1) is 10.2 Å². The number of benzene rings is 5. The maximum absolute atomic E-state index is 13.0. The van der Waals surface area contributed by atoms with E-state index in [4.69, 9.17) is 29.8 Å². The predicted molar refractivity (Wildman–Crippen MR) is 358 cm³/mol. The van der Waals surface area contributed by atoms with Crippen molar-refractivity contribution in [2.75, 3.05) is 55.7 Å². The molecule has 0 unspecified atom stereocenters. The number of halogens is 1. The van der Waals surface area contributed by atoms with Crippen LogP contribution in [0.2, 0.25) is 0 Å². The zero-order chi connectivity index (χ0) is 67.5. The summed E-state index contributed by atoms with van der Waals surface area (Å²) in [6.07, 6.45) is 5.69. The molecule has 3 aliphatic heterocycles. The van der Waals surface area contributed by atoms with Crippen LogP contribution in [-0.4, -0.2) is 153 Å². The number of Topliss-reactive ketones (excluding diaryl/α,β-unsaturated/α-hetero) is 2. The van der Waals surface area contributed by atoms with Gasteiger partial charge in [0.1, 0.15) is 84.0 Å². The maximum Gasteiger partial charge on any atom is 0.408 e. The van der Waals surface area contributed by atoms with Gasteiger partial charge in [-0.1, -0.05) is 99.8 Å². The molecule has 0 spiro atoms. The van der Waals surface area contributed by atoms with E-state index in [2.05, 4.69) is 41.0 Å². The molecule has 0 saturated heterocycles. The van der Waals surface area contributed by atoms with Crippen molar-refractivity contribution >= 4 is 76.2 Å². The number of aromatic nitrogens is 6. The molecule has 26 nitrogen and oxygen atoms in total. The van der Waals surface area contributed by atoms with Gasteiger partial charge < -0.3 is 88.7 Å². The zero-order valence-corrected chi connectivity index (χ0v) is 55.7. The summed E-state index contributed by atoms with van der Waals surface area (Å²) in [6, 6.07) is 33.4. The van der Waals surface area contributed by atoms with E-state index in [9.17, 15) is 43.2 Å². The number of nitrogens with zero attached hydrogens (tertiary/aromatic N) is 7. The second-order valence-corrected chi connectivity index (χ2v) is 23.0. The summed E-state index contributed by atoms with van der Waals surface area (Å²) in [5, 5.41) is 26.8. The van der Waals surface area contributed by atoms with E-state index in [1.165, 1.54) is 27.7 Å². The smallest absolute Gasteiger partial charge is 0.408 e. The molecular formula is C69H84IN12O14-. The number of carbonyl (C=O) groups is 9. The molecule has 0 saturated carbocycles. The molecule has 3 aliphatic rings. The van der Waals surface area contributed by atoms with Gasteiger partial charge in [0.25, 0.3) is 23.5 Å². The molecule has 5 aromatic carbocycles. The summed E-state index contributed by atoms with van der Waals surface area (Å²) in [4.78, 5) is 119. The van der Waals surface area contributed by atoms with Crippen molar-refractivity contribution in [1.29, 1.82) is 0 Å². The third-order valence-corrected chi connectivity index (χ3v) is 14.2. The van der Waals surface area contributed by atoms with Crippen LogP contribution in [0.25, 0.3) is 6.08 Å². The summed E-state index contributed by atoms with van der Waals surface area (Å²) in [7, 11) is 4.93. The van der Waals surface area contributed by atoms with Crippen LogP contribution in [0.1, 0.15) is 130 Å². The summed E-state index contributed by atoms with van der Waals surface area (Å²) in [5.41, 5.74) is 11.7. The fourth-order valence-corrected chi connectivity index (χ4v) is 9.30. The number of hydrogen-bond acceptors (Lipinski definition) is 18. The average molecular weight is 1430 g/mol. The first kappa shape index (κ1) is 78.3. The Balaban J connectivity index is 0.000000280. The van der Waals surface area contributed by atoms with Gasteiger partial charge in [0.15, 0.2) is 5.78 Å².